The number of aliphatic imine (C=N–C) groups is 1. The zero-order chi connectivity index (χ0) is 19.2. The molecule has 0 aromatic heterocycles. The van der Waals surface area contributed by atoms with Crippen molar-refractivity contribution in [1.29, 1.82) is 0 Å². The maximum atomic E-state index is 12.1. The van der Waals surface area contributed by atoms with Gasteiger partial charge in [-0.05, 0) is 55.0 Å². The second kappa shape index (κ2) is 8.64. The molecule has 0 spiro atoms. The van der Waals surface area contributed by atoms with Gasteiger partial charge in [0, 0.05) is 10.0 Å². The number of hydrogen-bond acceptors (Lipinski definition) is 6. The summed E-state index contributed by atoms with van der Waals surface area (Å²) in [6, 6.07) is 14.3. The summed E-state index contributed by atoms with van der Waals surface area (Å²) in [5.41, 5.74) is 1.60. The molecule has 0 unspecified atom stereocenters. The summed E-state index contributed by atoms with van der Waals surface area (Å²) in [6.07, 6.45) is 1.60. The molecule has 0 saturated carbocycles. The SMILES string of the molecule is CCOC(=O)COc1cccc(/C=C2\N=C(c3ccc(Br)cc3)OC2=O)c1. The topological polar surface area (TPSA) is 74.2 Å². The van der Waals surface area contributed by atoms with Gasteiger partial charge in [-0.2, -0.15) is 0 Å². The third kappa shape index (κ3) is 5.04. The Morgan fingerprint density at radius 2 is 2.00 bits per heavy atom. The number of hydrogen-bond donors (Lipinski definition) is 0. The van der Waals surface area contributed by atoms with Gasteiger partial charge in [0.1, 0.15) is 5.75 Å². The summed E-state index contributed by atoms with van der Waals surface area (Å²) in [6.45, 7) is 1.85. The van der Waals surface area contributed by atoms with Gasteiger partial charge >= 0.3 is 11.9 Å². The first-order chi connectivity index (χ1) is 13.0. The van der Waals surface area contributed by atoms with E-state index in [0.29, 0.717) is 23.5 Å². The van der Waals surface area contributed by atoms with Crippen LogP contribution >= 0.6 is 15.9 Å². The molecule has 7 heteroatoms. The summed E-state index contributed by atoms with van der Waals surface area (Å²) in [7, 11) is 0. The highest BCUT2D eigenvalue weighted by molar-refractivity contribution is 9.10. The maximum Gasteiger partial charge on any atom is 0.363 e. The minimum absolute atomic E-state index is 0.179. The van der Waals surface area contributed by atoms with Crippen molar-refractivity contribution in [3.8, 4) is 5.75 Å². The number of carbonyl (C=O) groups is 2. The maximum absolute atomic E-state index is 12.1. The smallest absolute Gasteiger partial charge is 0.363 e. The molecule has 0 amide bonds. The Balaban J connectivity index is 1.75. The minimum atomic E-state index is -0.522. The average Bonchev–Trinajstić information content (AvgIpc) is 3.02. The predicted molar refractivity (Wildman–Crippen MR) is 103 cm³/mol. The largest absolute Gasteiger partial charge is 0.482 e. The molecule has 0 saturated heterocycles. The van der Waals surface area contributed by atoms with E-state index in [9.17, 15) is 9.59 Å². The lowest BCUT2D eigenvalue weighted by atomic mass is 10.2. The molecule has 1 aliphatic heterocycles. The summed E-state index contributed by atoms with van der Waals surface area (Å²) in [5.74, 6) is -0.218. The highest BCUT2D eigenvalue weighted by atomic mass is 79.9. The van der Waals surface area contributed by atoms with Crippen LogP contribution in [0, 0.1) is 0 Å². The normalized spacial score (nSPS) is 14.7. The molecule has 1 aliphatic rings. The Labute approximate surface area is 164 Å². The van der Waals surface area contributed by atoms with E-state index in [1.165, 1.54) is 0 Å². The summed E-state index contributed by atoms with van der Waals surface area (Å²) < 4.78 is 16.4. The molecule has 1 heterocycles. The van der Waals surface area contributed by atoms with E-state index in [4.69, 9.17) is 14.2 Å². The van der Waals surface area contributed by atoms with Crippen molar-refractivity contribution in [3.63, 3.8) is 0 Å². The Morgan fingerprint density at radius 1 is 1.22 bits per heavy atom. The van der Waals surface area contributed by atoms with Crippen molar-refractivity contribution < 1.29 is 23.8 Å². The second-order valence-electron chi connectivity index (χ2n) is 5.51. The van der Waals surface area contributed by atoms with E-state index < -0.39 is 11.9 Å². The van der Waals surface area contributed by atoms with E-state index in [1.54, 1.807) is 37.3 Å². The van der Waals surface area contributed by atoms with Gasteiger partial charge in [0.05, 0.1) is 6.61 Å². The van der Waals surface area contributed by atoms with E-state index in [0.717, 1.165) is 4.47 Å². The zero-order valence-electron chi connectivity index (χ0n) is 14.5. The number of esters is 2. The lowest BCUT2D eigenvalue weighted by Gasteiger charge is -2.06. The van der Waals surface area contributed by atoms with Gasteiger partial charge in [0.2, 0.25) is 5.90 Å². The van der Waals surface area contributed by atoms with E-state index in [-0.39, 0.29) is 18.2 Å². The van der Waals surface area contributed by atoms with Crippen LogP contribution in [0.3, 0.4) is 0 Å². The van der Waals surface area contributed by atoms with E-state index >= 15 is 0 Å². The molecule has 0 bridgehead atoms. The monoisotopic (exact) mass is 429 g/mol. The van der Waals surface area contributed by atoms with E-state index in [2.05, 4.69) is 20.9 Å². The average molecular weight is 430 g/mol. The van der Waals surface area contributed by atoms with Gasteiger partial charge < -0.3 is 14.2 Å². The molecule has 0 radical (unpaired) electrons. The highest BCUT2D eigenvalue weighted by Crippen LogP contribution is 2.22. The van der Waals surface area contributed by atoms with Gasteiger partial charge in [-0.15, -0.1) is 0 Å². The van der Waals surface area contributed by atoms with Gasteiger partial charge in [-0.1, -0.05) is 28.1 Å². The quantitative estimate of drug-likeness (QED) is 0.516. The first kappa shape index (κ1) is 18.8. The number of halogens is 1. The van der Waals surface area contributed by atoms with Crippen LogP contribution in [0.25, 0.3) is 6.08 Å². The Hall–Kier alpha value is -2.93. The van der Waals surface area contributed by atoms with Crippen LogP contribution in [0.1, 0.15) is 18.1 Å². The van der Waals surface area contributed by atoms with Crippen molar-refractivity contribution in [2.24, 2.45) is 4.99 Å². The fourth-order valence-electron chi connectivity index (χ4n) is 2.32. The van der Waals surface area contributed by atoms with Crippen molar-refractivity contribution in [1.82, 2.24) is 0 Å². The molecule has 0 fully saturated rings. The zero-order valence-corrected chi connectivity index (χ0v) is 16.1. The van der Waals surface area contributed by atoms with Crippen molar-refractivity contribution in [2.75, 3.05) is 13.2 Å². The third-order valence-corrected chi connectivity index (χ3v) is 4.06. The molecule has 0 aliphatic carbocycles. The predicted octanol–water partition coefficient (Wildman–Crippen LogP) is 3.74. The number of nitrogens with zero attached hydrogens (tertiary/aromatic N) is 1. The standard InChI is InChI=1S/C20H16BrNO5/c1-2-25-18(23)12-26-16-5-3-4-13(10-16)11-17-20(24)27-19(22-17)14-6-8-15(21)9-7-14/h3-11H,2,12H2,1H3/b17-11-. The highest BCUT2D eigenvalue weighted by Gasteiger charge is 2.24. The van der Waals surface area contributed by atoms with Crippen LogP contribution in [0.2, 0.25) is 0 Å². The minimum Gasteiger partial charge on any atom is -0.482 e. The lowest BCUT2D eigenvalue weighted by molar-refractivity contribution is -0.145. The molecule has 2 aromatic rings. The van der Waals surface area contributed by atoms with Crippen LogP contribution in [0.4, 0.5) is 0 Å². The third-order valence-electron chi connectivity index (χ3n) is 3.54. The summed E-state index contributed by atoms with van der Waals surface area (Å²) >= 11 is 3.36. The van der Waals surface area contributed by atoms with Gasteiger partial charge in [-0.3, -0.25) is 0 Å². The Kier molecular flexibility index (Phi) is 6.03. The summed E-state index contributed by atoms with van der Waals surface area (Å²) in [4.78, 5) is 27.7. The van der Waals surface area contributed by atoms with Gasteiger partial charge in [0.25, 0.3) is 0 Å². The number of benzene rings is 2. The molecule has 0 N–H and O–H groups in total. The fourth-order valence-corrected chi connectivity index (χ4v) is 2.59. The van der Waals surface area contributed by atoms with Crippen molar-refractivity contribution >= 4 is 39.8 Å². The molecular formula is C20H16BrNO5. The molecule has 138 valence electrons. The molecule has 0 atom stereocenters. The number of cyclic esters (lactones) is 1. The van der Waals surface area contributed by atoms with Crippen LogP contribution in [-0.2, 0) is 19.1 Å². The van der Waals surface area contributed by atoms with Crippen molar-refractivity contribution in [2.45, 2.75) is 6.92 Å². The molecule has 27 heavy (non-hydrogen) atoms. The van der Waals surface area contributed by atoms with Gasteiger partial charge in [-0.25, -0.2) is 14.6 Å². The van der Waals surface area contributed by atoms with Crippen LogP contribution in [0.5, 0.6) is 5.75 Å². The summed E-state index contributed by atoms with van der Waals surface area (Å²) in [5, 5.41) is 0. The molecule has 3 rings (SSSR count). The van der Waals surface area contributed by atoms with Gasteiger partial charge in [0.15, 0.2) is 12.3 Å². The molecular weight excluding hydrogens is 414 g/mol. The van der Waals surface area contributed by atoms with Crippen LogP contribution in [0.15, 0.2) is 63.7 Å². The second-order valence-corrected chi connectivity index (χ2v) is 6.42. The molecule has 2 aromatic carbocycles. The van der Waals surface area contributed by atoms with Crippen LogP contribution < -0.4 is 4.74 Å². The first-order valence-corrected chi connectivity index (χ1v) is 9.01. The first-order valence-electron chi connectivity index (χ1n) is 8.22. The lowest BCUT2D eigenvalue weighted by Crippen LogP contribution is -2.14. The van der Waals surface area contributed by atoms with Crippen molar-refractivity contribution in [3.05, 3.63) is 69.8 Å². The molecule has 6 nitrogen and oxygen atoms in total. The number of ether oxygens (including phenoxy) is 3. The fraction of sp³-hybridized carbons (Fsp3) is 0.150. The number of rotatable bonds is 6. The Bertz CT molecular complexity index is 918. The Morgan fingerprint density at radius 3 is 2.74 bits per heavy atom. The number of carbonyl (C=O) groups excluding carboxylic acids is 2. The van der Waals surface area contributed by atoms with E-state index in [1.807, 2.05) is 24.3 Å². The van der Waals surface area contributed by atoms with Crippen LogP contribution in [-0.4, -0.2) is 31.1 Å².